The molecule has 1 unspecified atom stereocenters. The van der Waals surface area contributed by atoms with Gasteiger partial charge in [0.05, 0.1) is 18.8 Å². The van der Waals surface area contributed by atoms with E-state index in [1.807, 2.05) is 6.07 Å². The molecule has 5 nitrogen and oxygen atoms in total. The molecule has 1 N–H and O–H groups in total. The maximum absolute atomic E-state index is 11.7. The molecule has 0 saturated carbocycles. The summed E-state index contributed by atoms with van der Waals surface area (Å²) in [6, 6.07) is 7.65. The van der Waals surface area contributed by atoms with Crippen molar-refractivity contribution in [2.45, 2.75) is 13.0 Å². The lowest BCUT2D eigenvalue weighted by molar-refractivity contribution is 0.162. The Balaban J connectivity index is 2.75. The summed E-state index contributed by atoms with van der Waals surface area (Å²) in [5, 5.41) is 3.48. The number of amides is 2. The Morgan fingerprint density at radius 2 is 2.06 bits per heavy atom. The Bertz CT molecular complexity index is 354. The Morgan fingerprint density at radius 1 is 1.44 bits per heavy atom. The van der Waals surface area contributed by atoms with Crippen molar-refractivity contribution in [1.29, 1.82) is 0 Å². The first kappa shape index (κ1) is 12.2. The van der Waals surface area contributed by atoms with Crippen LogP contribution in [-0.2, 0) is 9.63 Å². The van der Waals surface area contributed by atoms with E-state index in [0.717, 1.165) is 5.06 Å². The van der Waals surface area contributed by atoms with E-state index in [1.165, 1.54) is 14.0 Å². The second-order valence-corrected chi connectivity index (χ2v) is 3.10. The minimum Gasteiger partial charge on any atom is -0.326 e. The molecule has 0 fully saturated rings. The van der Waals surface area contributed by atoms with Gasteiger partial charge in [0.2, 0.25) is 6.29 Å². The van der Waals surface area contributed by atoms with Crippen molar-refractivity contribution in [1.82, 2.24) is 5.32 Å². The first-order valence-corrected chi connectivity index (χ1v) is 4.76. The number of nitrogens with zero attached hydrogens (tertiary/aromatic N) is 1. The molecule has 0 spiro atoms. The van der Waals surface area contributed by atoms with Gasteiger partial charge in [-0.25, -0.2) is 4.79 Å². The summed E-state index contributed by atoms with van der Waals surface area (Å²) in [4.78, 5) is 26.9. The molecule has 0 heterocycles. The quantitative estimate of drug-likeness (QED) is 0.779. The van der Waals surface area contributed by atoms with E-state index >= 15 is 0 Å². The Hall–Kier alpha value is -1.88. The molecule has 0 aliphatic rings. The van der Waals surface area contributed by atoms with Crippen molar-refractivity contribution in [2.24, 2.45) is 0 Å². The number of hydroxylamine groups is 1. The number of para-hydroxylation sites is 1. The van der Waals surface area contributed by atoms with Crippen LogP contribution in [0.15, 0.2) is 30.3 Å². The van der Waals surface area contributed by atoms with Gasteiger partial charge < -0.3 is 5.32 Å². The van der Waals surface area contributed by atoms with Gasteiger partial charge >= 0.3 is 6.03 Å². The van der Waals surface area contributed by atoms with Crippen LogP contribution in [0.1, 0.15) is 6.92 Å². The Morgan fingerprint density at radius 3 is 2.56 bits per heavy atom. The average Bonchev–Trinajstić information content (AvgIpc) is 2.31. The van der Waals surface area contributed by atoms with Crippen LogP contribution in [0.5, 0.6) is 0 Å². The Labute approximate surface area is 94.0 Å². The zero-order chi connectivity index (χ0) is 12.0. The molecule has 0 aliphatic heterocycles. The second-order valence-electron chi connectivity index (χ2n) is 3.10. The monoisotopic (exact) mass is 221 g/mol. The molecule has 85 valence electrons. The summed E-state index contributed by atoms with van der Waals surface area (Å²) in [6.45, 7) is 1.53. The van der Waals surface area contributed by atoms with Gasteiger partial charge in [0.25, 0.3) is 0 Å². The van der Waals surface area contributed by atoms with E-state index in [2.05, 4.69) is 5.32 Å². The van der Waals surface area contributed by atoms with Crippen molar-refractivity contribution in [3.8, 4) is 0 Å². The van der Waals surface area contributed by atoms with E-state index in [9.17, 15) is 9.59 Å². The minimum absolute atomic E-state index is 0.510. The molecule has 1 aromatic carbocycles. The topological polar surface area (TPSA) is 58.6 Å². The van der Waals surface area contributed by atoms with Crippen LogP contribution >= 0.6 is 0 Å². The van der Waals surface area contributed by atoms with Gasteiger partial charge in [0.15, 0.2) is 0 Å². The highest BCUT2D eigenvalue weighted by Crippen LogP contribution is 2.12. The van der Waals surface area contributed by atoms with E-state index in [-0.39, 0.29) is 0 Å². The molecule has 0 aliphatic carbocycles. The Kier molecular flexibility index (Phi) is 4.47. The number of hydrogen-bond donors (Lipinski definition) is 1. The van der Waals surface area contributed by atoms with Crippen LogP contribution in [0, 0.1) is 0 Å². The third kappa shape index (κ3) is 3.06. The zero-order valence-electron chi connectivity index (χ0n) is 9.14. The number of hydrogen-bond acceptors (Lipinski definition) is 3. The van der Waals surface area contributed by atoms with Crippen LogP contribution in [0.2, 0.25) is 0 Å². The molecular weight excluding hydrogens is 208 g/mol. The van der Waals surface area contributed by atoms with Crippen LogP contribution < -0.4 is 10.4 Å². The third-order valence-electron chi connectivity index (χ3n) is 1.87. The van der Waals surface area contributed by atoms with Gasteiger partial charge in [-0.05, 0) is 19.1 Å². The minimum atomic E-state index is -0.672. The van der Waals surface area contributed by atoms with E-state index in [1.54, 1.807) is 30.6 Å². The summed E-state index contributed by atoms with van der Waals surface area (Å²) in [5.41, 5.74) is 0.584. The normalized spacial score (nSPS) is 11.6. The predicted octanol–water partition coefficient (Wildman–Crippen LogP) is 1.26. The first-order valence-electron chi connectivity index (χ1n) is 4.76. The maximum Gasteiger partial charge on any atom is 0.346 e. The summed E-state index contributed by atoms with van der Waals surface area (Å²) < 4.78 is 0. The SMILES string of the molecule is CON(C(=O)NC(C)[C]=O)c1ccccc1. The lowest BCUT2D eigenvalue weighted by Gasteiger charge is -2.20. The average molecular weight is 221 g/mol. The highest BCUT2D eigenvalue weighted by atomic mass is 16.7. The lowest BCUT2D eigenvalue weighted by Crippen LogP contribution is -2.44. The molecule has 0 bridgehead atoms. The van der Waals surface area contributed by atoms with Crippen molar-refractivity contribution in [2.75, 3.05) is 12.2 Å². The fourth-order valence-electron chi connectivity index (χ4n) is 1.14. The van der Waals surface area contributed by atoms with Gasteiger partial charge in [-0.15, -0.1) is 0 Å². The highest BCUT2D eigenvalue weighted by molar-refractivity contribution is 5.91. The van der Waals surface area contributed by atoms with Gasteiger partial charge in [-0.3, -0.25) is 9.63 Å². The molecular formula is C11H13N2O3. The van der Waals surface area contributed by atoms with Crippen LogP contribution in [0.4, 0.5) is 10.5 Å². The van der Waals surface area contributed by atoms with Gasteiger partial charge in [-0.2, -0.15) is 5.06 Å². The van der Waals surface area contributed by atoms with Crippen LogP contribution in [0.3, 0.4) is 0 Å². The summed E-state index contributed by atoms with van der Waals surface area (Å²) in [6.07, 6.45) is 1.66. The number of carbonyl (C=O) groups excluding carboxylic acids is 2. The van der Waals surface area contributed by atoms with E-state index in [0.29, 0.717) is 5.69 Å². The standard InChI is InChI=1S/C11H13N2O3/c1-9(8-14)12-11(15)13(16-2)10-6-4-3-5-7-10/h3-7,9H,1-2H3,(H,12,15). The molecule has 1 aromatic rings. The molecule has 16 heavy (non-hydrogen) atoms. The number of anilines is 1. The largest absolute Gasteiger partial charge is 0.346 e. The van der Waals surface area contributed by atoms with Crippen molar-refractivity contribution >= 4 is 18.0 Å². The van der Waals surface area contributed by atoms with Gasteiger partial charge in [0, 0.05) is 0 Å². The molecule has 0 saturated heterocycles. The maximum atomic E-state index is 11.7. The summed E-state index contributed by atoms with van der Waals surface area (Å²) in [5.74, 6) is 0. The smallest absolute Gasteiger partial charge is 0.326 e. The fourth-order valence-corrected chi connectivity index (χ4v) is 1.14. The molecule has 1 radical (unpaired) electrons. The predicted molar refractivity (Wildman–Crippen MR) is 59.6 cm³/mol. The van der Waals surface area contributed by atoms with Gasteiger partial charge in [0.1, 0.15) is 0 Å². The summed E-state index contributed by atoms with van der Waals surface area (Å²) in [7, 11) is 1.38. The first-order chi connectivity index (χ1) is 7.69. The van der Waals surface area contributed by atoms with Gasteiger partial charge in [-0.1, -0.05) is 18.2 Å². The van der Waals surface area contributed by atoms with E-state index < -0.39 is 12.1 Å². The van der Waals surface area contributed by atoms with E-state index in [4.69, 9.17) is 4.84 Å². The number of carbonyl (C=O) groups is 1. The zero-order valence-corrected chi connectivity index (χ0v) is 9.14. The number of benzene rings is 1. The highest BCUT2D eigenvalue weighted by Gasteiger charge is 2.16. The molecule has 2 amide bonds. The number of urea groups is 1. The summed E-state index contributed by atoms with van der Waals surface area (Å²) >= 11 is 0. The molecule has 1 atom stereocenters. The van der Waals surface area contributed by atoms with Crippen molar-refractivity contribution in [3.63, 3.8) is 0 Å². The third-order valence-corrected chi connectivity index (χ3v) is 1.87. The number of nitrogens with one attached hydrogen (secondary N) is 1. The molecule has 0 aromatic heterocycles. The van der Waals surface area contributed by atoms with Crippen molar-refractivity contribution in [3.05, 3.63) is 30.3 Å². The number of rotatable bonds is 4. The molecule has 1 rings (SSSR count). The van der Waals surface area contributed by atoms with Crippen molar-refractivity contribution < 1.29 is 14.4 Å². The molecule has 5 heteroatoms. The van der Waals surface area contributed by atoms with Crippen LogP contribution in [-0.4, -0.2) is 25.5 Å². The second kappa shape index (κ2) is 5.87. The fraction of sp³-hybridized carbons (Fsp3) is 0.273. The van der Waals surface area contributed by atoms with Crippen LogP contribution in [0.25, 0.3) is 0 Å². The lowest BCUT2D eigenvalue weighted by atomic mass is 10.3.